The number of carbonyl (C=O) groups excluding carboxylic acids is 1. The summed E-state index contributed by atoms with van der Waals surface area (Å²) in [6.45, 7) is 15.3. The molecule has 0 unspecified atom stereocenters. The van der Waals surface area contributed by atoms with Gasteiger partial charge in [-0.2, -0.15) is 0 Å². The normalized spacial score (nSPS) is 17.3. The van der Waals surface area contributed by atoms with Gasteiger partial charge in [0, 0.05) is 45.3 Å². The third kappa shape index (κ3) is 4.88. The second-order valence-corrected chi connectivity index (χ2v) is 12.5. The number of allylic oxidation sites excluding steroid dienone is 2. The molecular weight excluding hydrogens is 508 g/mol. The van der Waals surface area contributed by atoms with E-state index in [9.17, 15) is 4.79 Å². The van der Waals surface area contributed by atoms with Crippen molar-refractivity contribution in [3.63, 3.8) is 0 Å². The molecule has 3 aliphatic rings. The number of anilines is 1. The van der Waals surface area contributed by atoms with Crippen molar-refractivity contribution in [1.29, 1.82) is 0 Å². The molecule has 0 amide bonds. The fourth-order valence-electron chi connectivity index (χ4n) is 6.32. The van der Waals surface area contributed by atoms with E-state index in [0.29, 0.717) is 12.2 Å². The Morgan fingerprint density at radius 2 is 1.66 bits per heavy atom. The number of benzene rings is 3. The number of unbranched alkanes of at least 4 members (excludes halogenated alkanes) is 1. The minimum absolute atomic E-state index is 0.174. The minimum atomic E-state index is -0.306. The highest BCUT2D eigenvalue weighted by molar-refractivity contribution is 6.00. The summed E-state index contributed by atoms with van der Waals surface area (Å²) >= 11 is 0. The van der Waals surface area contributed by atoms with Gasteiger partial charge in [0.05, 0.1) is 28.6 Å². The molecule has 5 heteroatoms. The Hall–Kier alpha value is -4.12. The van der Waals surface area contributed by atoms with Gasteiger partial charge in [0.2, 0.25) is 0 Å². The van der Waals surface area contributed by atoms with Gasteiger partial charge in [0.25, 0.3) is 0 Å². The smallest absolute Gasteiger partial charge is 0.338 e. The average Bonchev–Trinajstić information content (AvgIpc) is 2.89. The van der Waals surface area contributed by atoms with Crippen LogP contribution in [0.25, 0.3) is 16.7 Å². The molecule has 0 atom stereocenters. The molecular formula is C36H38N2O3. The first-order chi connectivity index (χ1) is 19.5. The quantitative estimate of drug-likeness (QED) is 0.209. The molecule has 41 heavy (non-hydrogen) atoms. The van der Waals surface area contributed by atoms with Gasteiger partial charge < -0.3 is 14.8 Å². The van der Waals surface area contributed by atoms with Crippen LogP contribution in [0.15, 0.2) is 65.7 Å². The van der Waals surface area contributed by atoms with E-state index in [-0.39, 0.29) is 17.0 Å². The lowest BCUT2D eigenvalue weighted by atomic mass is 9.84. The first-order valence-electron chi connectivity index (χ1n) is 14.6. The standard InChI is InChI=1S/C36H38N2O3/c1-8-9-14-40-34(39)24-13-11-10-12-23(24)33-27-15-25-21(2)19-35(4,5)37-29(25)17-31(27)41-32-18-30-26(16-28(32)33)22(3)20-36(6,7)38-30/h10-13,15-20,37H,8-9,14H2,1-7H3. The van der Waals surface area contributed by atoms with E-state index in [1.807, 2.05) is 24.3 Å². The van der Waals surface area contributed by atoms with E-state index in [1.54, 1.807) is 0 Å². The maximum Gasteiger partial charge on any atom is 0.338 e. The van der Waals surface area contributed by atoms with Crippen LogP contribution in [-0.2, 0) is 4.74 Å². The fraction of sp³-hybridized carbons (Fsp3) is 0.333. The Morgan fingerprint density at radius 3 is 2.44 bits per heavy atom. The average molecular weight is 547 g/mol. The summed E-state index contributed by atoms with van der Waals surface area (Å²) in [4.78, 5) is 18.4. The van der Waals surface area contributed by atoms with Crippen LogP contribution in [0.3, 0.4) is 0 Å². The maximum atomic E-state index is 13.4. The van der Waals surface area contributed by atoms with E-state index >= 15 is 0 Å². The van der Waals surface area contributed by atoms with Gasteiger partial charge in [-0.15, -0.1) is 0 Å². The maximum absolute atomic E-state index is 13.4. The van der Waals surface area contributed by atoms with Crippen molar-refractivity contribution >= 4 is 28.4 Å². The predicted molar refractivity (Wildman–Crippen MR) is 166 cm³/mol. The molecule has 0 bridgehead atoms. The Morgan fingerprint density at radius 1 is 0.902 bits per heavy atom. The van der Waals surface area contributed by atoms with Crippen molar-refractivity contribution in [1.82, 2.24) is 0 Å². The van der Waals surface area contributed by atoms with E-state index < -0.39 is 0 Å². The van der Waals surface area contributed by atoms with Gasteiger partial charge in [-0.3, -0.25) is 4.99 Å². The first-order valence-corrected chi connectivity index (χ1v) is 14.6. The summed E-state index contributed by atoms with van der Waals surface area (Å²) in [5.74, 6) is 1.18. The minimum Gasteiger partial charge on any atom is -0.462 e. The SMILES string of the molecule is CCCCOC(=O)c1ccccc1C1=c2cc3c(cc2Oc2cc4c(cc21)C(C)=CC(C)(C)N4)=NC(C)(C)C=C3C. The molecule has 210 valence electrons. The fourth-order valence-corrected chi connectivity index (χ4v) is 6.32. The molecule has 0 radical (unpaired) electrons. The van der Waals surface area contributed by atoms with Crippen LogP contribution >= 0.6 is 0 Å². The Labute approximate surface area is 242 Å². The summed E-state index contributed by atoms with van der Waals surface area (Å²) in [7, 11) is 0. The highest BCUT2D eigenvalue weighted by Gasteiger charge is 2.30. The summed E-state index contributed by atoms with van der Waals surface area (Å²) in [5.41, 5.74) is 8.45. The van der Waals surface area contributed by atoms with Crippen molar-refractivity contribution in [2.24, 2.45) is 4.99 Å². The van der Waals surface area contributed by atoms with Crippen LogP contribution < -0.4 is 20.6 Å². The van der Waals surface area contributed by atoms with Gasteiger partial charge in [0.15, 0.2) is 0 Å². The summed E-state index contributed by atoms with van der Waals surface area (Å²) in [6, 6.07) is 16.3. The summed E-state index contributed by atoms with van der Waals surface area (Å²) < 4.78 is 12.4. The lowest BCUT2D eigenvalue weighted by Gasteiger charge is -2.33. The van der Waals surface area contributed by atoms with E-state index in [1.165, 1.54) is 11.1 Å². The number of nitrogens with one attached hydrogen (secondary N) is 1. The summed E-state index contributed by atoms with van der Waals surface area (Å²) in [6.07, 6.45) is 6.26. The highest BCUT2D eigenvalue weighted by atomic mass is 16.5. The number of hydrogen-bond acceptors (Lipinski definition) is 5. The number of ether oxygens (including phenoxy) is 2. The third-order valence-corrected chi connectivity index (χ3v) is 7.99. The van der Waals surface area contributed by atoms with Crippen LogP contribution in [0.5, 0.6) is 11.5 Å². The van der Waals surface area contributed by atoms with Gasteiger partial charge in [0.1, 0.15) is 11.5 Å². The van der Waals surface area contributed by atoms with Crippen molar-refractivity contribution in [2.75, 3.05) is 11.9 Å². The second kappa shape index (κ2) is 9.76. The monoisotopic (exact) mass is 546 g/mol. The van der Waals surface area contributed by atoms with Gasteiger partial charge in [-0.25, -0.2) is 4.79 Å². The molecule has 3 heterocycles. The van der Waals surface area contributed by atoms with Crippen molar-refractivity contribution in [3.05, 3.63) is 99.1 Å². The molecule has 0 spiro atoms. The van der Waals surface area contributed by atoms with E-state index in [2.05, 4.69) is 90.2 Å². The lowest BCUT2D eigenvalue weighted by molar-refractivity contribution is 0.0499. The molecule has 0 saturated carbocycles. The zero-order valence-electron chi connectivity index (χ0n) is 25.1. The number of nitrogens with zero attached hydrogens (tertiary/aromatic N) is 1. The molecule has 0 fully saturated rings. The third-order valence-electron chi connectivity index (χ3n) is 7.99. The molecule has 5 nitrogen and oxygen atoms in total. The first kappa shape index (κ1) is 27.1. The molecule has 3 aromatic carbocycles. The molecule has 3 aliphatic heterocycles. The number of esters is 1. The number of rotatable bonds is 5. The highest BCUT2D eigenvalue weighted by Crippen LogP contribution is 2.44. The van der Waals surface area contributed by atoms with E-state index in [4.69, 9.17) is 14.5 Å². The lowest BCUT2D eigenvalue weighted by Crippen LogP contribution is -2.32. The van der Waals surface area contributed by atoms with Crippen molar-refractivity contribution < 1.29 is 14.3 Å². The van der Waals surface area contributed by atoms with Crippen LogP contribution in [-0.4, -0.2) is 23.7 Å². The van der Waals surface area contributed by atoms with Crippen LogP contribution in [0, 0.1) is 0 Å². The zero-order chi connectivity index (χ0) is 29.1. The van der Waals surface area contributed by atoms with Gasteiger partial charge in [-0.05, 0) is 82.9 Å². The number of carbonyl (C=O) groups is 1. The number of hydrogen-bond donors (Lipinski definition) is 1. The molecule has 6 rings (SSSR count). The molecule has 0 aromatic heterocycles. The zero-order valence-corrected chi connectivity index (χ0v) is 25.1. The van der Waals surface area contributed by atoms with Gasteiger partial charge >= 0.3 is 5.97 Å². The molecule has 0 aliphatic carbocycles. The Kier molecular flexibility index (Phi) is 6.44. The topological polar surface area (TPSA) is 59.9 Å². The van der Waals surface area contributed by atoms with Crippen molar-refractivity contribution in [2.45, 2.75) is 72.4 Å². The van der Waals surface area contributed by atoms with Crippen LogP contribution in [0.2, 0.25) is 0 Å². The van der Waals surface area contributed by atoms with Crippen molar-refractivity contribution in [3.8, 4) is 11.5 Å². The summed E-state index contributed by atoms with van der Waals surface area (Å²) in [5, 5.41) is 5.51. The van der Waals surface area contributed by atoms with Gasteiger partial charge in [-0.1, -0.05) is 43.7 Å². The van der Waals surface area contributed by atoms with Crippen LogP contribution in [0.4, 0.5) is 5.69 Å². The largest absolute Gasteiger partial charge is 0.462 e. The molecule has 0 saturated heterocycles. The van der Waals surface area contributed by atoms with E-state index in [0.717, 1.165) is 68.4 Å². The number of fused-ring (bicyclic) bond motifs is 4. The Balaban J connectivity index is 1.66. The molecule has 3 aromatic rings. The second-order valence-electron chi connectivity index (χ2n) is 12.5. The molecule has 1 N–H and O–H groups in total. The van der Waals surface area contributed by atoms with Crippen LogP contribution in [0.1, 0.15) is 93.9 Å². The Bertz CT molecular complexity index is 1790. The predicted octanol–water partition coefficient (Wildman–Crippen LogP) is 7.42.